The molecular formula is C16H20N2O4S. The van der Waals surface area contributed by atoms with Crippen molar-refractivity contribution >= 4 is 26.6 Å². The van der Waals surface area contributed by atoms with Gasteiger partial charge in [-0.3, -0.25) is 4.79 Å². The zero-order chi connectivity index (χ0) is 16.6. The first-order valence-corrected chi connectivity index (χ1v) is 9.45. The summed E-state index contributed by atoms with van der Waals surface area (Å²) in [4.78, 5) is 17.2. The molecule has 0 spiro atoms. The molecule has 0 radical (unpaired) electrons. The molecule has 7 heteroatoms. The van der Waals surface area contributed by atoms with Crippen molar-refractivity contribution in [2.24, 2.45) is 0 Å². The quantitative estimate of drug-likeness (QED) is 0.924. The van der Waals surface area contributed by atoms with Crippen molar-refractivity contribution in [3.8, 4) is 5.75 Å². The fraction of sp³-hybridized carbons (Fsp3) is 0.438. The number of ether oxygens (including phenoxy) is 1. The molecule has 1 aliphatic heterocycles. The molecule has 0 saturated carbocycles. The lowest BCUT2D eigenvalue weighted by atomic mass is 10.2. The highest BCUT2D eigenvalue weighted by molar-refractivity contribution is 7.91. The number of aromatic nitrogens is 1. The summed E-state index contributed by atoms with van der Waals surface area (Å²) in [5.74, 6) is 0.751. The minimum Gasteiger partial charge on any atom is -0.494 e. The van der Waals surface area contributed by atoms with Crippen LogP contribution in [-0.4, -0.2) is 55.4 Å². The van der Waals surface area contributed by atoms with Gasteiger partial charge in [0.2, 0.25) is 0 Å². The Morgan fingerprint density at radius 2 is 2.17 bits per heavy atom. The summed E-state index contributed by atoms with van der Waals surface area (Å²) in [5, 5.41) is 0.921. The third kappa shape index (κ3) is 3.19. The van der Waals surface area contributed by atoms with Gasteiger partial charge in [-0.1, -0.05) is 0 Å². The van der Waals surface area contributed by atoms with Gasteiger partial charge in [-0.15, -0.1) is 0 Å². The van der Waals surface area contributed by atoms with E-state index >= 15 is 0 Å². The lowest BCUT2D eigenvalue weighted by molar-refractivity contribution is 0.0743. The molecule has 6 nitrogen and oxygen atoms in total. The average Bonchev–Trinajstić information content (AvgIpc) is 3.08. The Balaban J connectivity index is 1.83. The molecule has 1 atom stereocenters. The lowest BCUT2D eigenvalue weighted by Crippen LogP contribution is -2.37. The summed E-state index contributed by atoms with van der Waals surface area (Å²) < 4.78 is 28.6. The van der Waals surface area contributed by atoms with Crippen molar-refractivity contribution < 1.29 is 17.9 Å². The van der Waals surface area contributed by atoms with E-state index in [1.807, 2.05) is 25.1 Å². The van der Waals surface area contributed by atoms with Gasteiger partial charge >= 0.3 is 0 Å². The summed E-state index contributed by atoms with van der Waals surface area (Å²) in [7, 11) is -1.36. The van der Waals surface area contributed by atoms with Crippen LogP contribution in [0.25, 0.3) is 10.9 Å². The molecule has 1 saturated heterocycles. The SMILES string of the molecule is CCOc1ccc2cc(C(=O)N(C)C3CCS(=O)(=O)C3)[nH]c2c1. The second-order valence-corrected chi connectivity index (χ2v) is 8.07. The van der Waals surface area contributed by atoms with E-state index < -0.39 is 9.84 Å². The van der Waals surface area contributed by atoms with E-state index in [-0.39, 0.29) is 23.5 Å². The second-order valence-electron chi connectivity index (χ2n) is 5.84. The Labute approximate surface area is 135 Å². The number of nitrogens with zero attached hydrogens (tertiary/aromatic N) is 1. The predicted molar refractivity (Wildman–Crippen MR) is 88.6 cm³/mol. The average molecular weight is 336 g/mol. The summed E-state index contributed by atoms with van der Waals surface area (Å²) in [5.41, 5.74) is 1.28. The smallest absolute Gasteiger partial charge is 0.270 e. The highest BCUT2D eigenvalue weighted by Crippen LogP contribution is 2.23. The Kier molecular flexibility index (Phi) is 4.06. The van der Waals surface area contributed by atoms with E-state index in [1.165, 1.54) is 4.90 Å². The molecule has 3 rings (SSSR count). The lowest BCUT2D eigenvalue weighted by Gasteiger charge is -2.22. The first kappa shape index (κ1) is 15.9. The van der Waals surface area contributed by atoms with Gasteiger partial charge in [0.05, 0.1) is 18.1 Å². The van der Waals surface area contributed by atoms with Crippen molar-refractivity contribution in [2.75, 3.05) is 25.2 Å². The third-order valence-corrected chi connectivity index (χ3v) is 5.96. The minimum atomic E-state index is -3.01. The maximum atomic E-state index is 12.6. The van der Waals surface area contributed by atoms with Crippen LogP contribution in [0, 0.1) is 0 Å². The normalized spacial score (nSPS) is 19.8. The molecule has 1 fully saturated rings. The Morgan fingerprint density at radius 3 is 2.83 bits per heavy atom. The summed E-state index contributed by atoms with van der Waals surface area (Å²) in [6.45, 7) is 2.50. The first-order chi connectivity index (χ1) is 10.9. The number of H-pyrrole nitrogens is 1. The zero-order valence-corrected chi connectivity index (χ0v) is 14.0. The standard InChI is InChI=1S/C16H20N2O4S/c1-3-22-13-5-4-11-8-15(17-14(11)9-13)16(19)18(2)12-6-7-23(20,21)10-12/h4-5,8-9,12,17H,3,6-7,10H2,1-2H3. The number of amides is 1. The van der Waals surface area contributed by atoms with Gasteiger partial charge < -0.3 is 14.6 Å². The van der Waals surface area contributed by atoms with E-state index in [4.69, 9.17) is 4.74 Å². The molecule has 1 aromatic heterocycles. The van der Waals surface area contributed by atoms with E-state index in [9.17, 15) is 13.2 Å². The van der Waals surface area contributed by atoms with Gasteiger partial charge in [-0.2, -0.15) is 0 Å². The summed E-state index contributed by atoms with van der Waals surface area (Å²) in [6.07, 6.45) is 0.499. The van der Waals surface area contributed by atoms with E-state index in [2.05, 4.69) is 4.98 Å². The number of sulfone groups is 1. The highest BCUT2D eigenvalue weighted by Gasteiger charge is 2.33. The largest absolute Gasteiger partial charge is 0.494 e. The third-order valence-electron chi connectivity index (χ3n) is 4.21. The van der Waals surface area contributed by atoms with E-state index in [0.717, 1.165) is 16.7 Å². The molecule has 124 valence electrons. The van der Waals surface area contributed by atoms with Gasteiger partial charge in [-0.25, -0.2) is 8.42 Å². The summed E-state index contributed by atoms with van der Waals surface area (Å²) in [6, 6.07) is 7.15. The number of rotatable bonds is 4. The number of fused-ring (bicyclic) bond motifs is 1. The number of carbonyl (C=O) groups is 1. The fourth-order valence-electron chi connectivity index (χ4n) is 2.91. The number of nitrogens with one attached hydrogen (secondary N) is 1. The van der Waals surface area contributed by atoms with Gasteiger partial charge in [0.15, 0.2) is 9.84 Å². The van der Waals surface area contributed by atoms with E-state index in [1.54, 1.807) is 13.1 Å². The molecule has 0 aliphatic carbocycles. The van der Waals surface area contributed by atoms with Crippen LogP contribution in [0.3, 0.4) is 0 Å². The molecule has 0 bridgehead atoms. The van der Waals surface area contributed by atoms with Gasteiger partial charge in [0.1, 0.15) is 11.4 Å². The number of benzene rings is 1. The molecule has 2 aromatic rings. The molecule has 1 aliphatic rings. The number of hydrogen-bond donors (Lipinski definition) is 1. The van der Waals surface area contributed by atoms with Crippen LogP contribution < -0.4 is 4.74 Å². The molecule has 1 amide bonds. The molecule has 1 unspecified atom stereocenters. The van der Waals surface area contributed by atoms with Crippen molar-refractivity contribution in [1.82, 2.24) is 9.88 Å². The van der Waals surface area contributed by atoms with Gasteiger partial charge in [0, 0.05) is 30.1 Å². The molecule has 2 heterocycles. The number of hydrogen-bond acceptors (Lipinski definition) is 4. The minimum absolute atomic E-state index is 0.0456. The number of carbonyl (C=O) groups excluding carboxylic acids is 1. The summed E-state index contributed by atoms with van der Waals surface area (Å²) >= 11 is 0. The fourth-order valence-corrected chi connectivity index (χ4v) is 4.69. The molecule has 1 N–H and O–H groups in total. The molecule has 1 aromatic carbocycles. The highest BCUT2D eigenvalue weighted by atomic mass is 32.2. The Bertz CT molecular complexity index is 841. The van der Waals surface area contributed by atoms with Crippen LogP contribution in [-0.2, 0) is 9.84 Å². The molecule has 23 heavy (non-hydrogen) atoms. The van der Waals surface area contributed by atoms with E-state index in [0.29, 0.717) is 18.7 Å². The van der Waals surface area contributed by atoms with Crippen LogP contribution in [0.15, 0.2) is 24.3 Å². The maximum absolute atomic E-state index is 12.6. The van der Waals surface area contributed by atoms with Gasteiger partial charge in [0.25, 0.3) is 5.91 Å². The Hall–Kier alpha value is -2.02. The van der Waals surface area contributed by atoms with Crippen LogP contribution in [0.2, 0.25) is 0 Å². The van der Waals surface area contributed by atoms with Crippen LogP contribution >= 0.6 is 0 Å². The predicted octanol–water partition coefficient (Wildman–Crippen LogP) is 1.83. The first-order valence-electron chi connectivity index (χ1n) is 7.63. The zero-order valence-electron chi connectivity index (χ0n) is 13.2. The maximum Gasteiger partial charge on any atom is 0.270 e. The van der Waals surface area contributed by atoms with Crippen LogP contribution in [0.5, 0.6) is 5.75 Å². The topological polar surface area (TPSA) is 79.5 Å². The van der Waals surface area contributed by atoms with Gasteiger partial charge in [-0.05, 0) is 31.5 Å². The number of aromatic amines is 1. The second kappa shape index (κ2) is 5.88. The molecular weight excluding hydrogens is 316 g/mol. The monoisotopic (exact) mass is 336 g/mol. The van der Waals surface area contributed by atoms with Crippen molar-refractivity contribution in [2.45, 2.75) is 19.4 Å². The van der Waals surface area contributed by atoms with Crippen LogP contribution in [0.4, 0.5) is 0 Å². The van der Waals surface area contributed by atoms with Crippen molar-refractivity contribution in [1.29, 1.82) is 0 Å². The van der Waals surface area contributed by atoms with Crippen molar-refractivity contribution in [3.05, 3.63) is 30.0 Å². The van der Waals surface area contributed by atoms with Crippen LogP contribution in [0.1, 0.15) is 23.8 Å². The Morgan fingerprint density at radius 1 is 1.39 bits per heavy atom. The van der Waals surface area contributed by atoms with Crippen molar-refractivity contribution in [3.63, 3.8) is 0 Å².